The minimum Gasteiger partial charge on any atom is -0.444 e. The molecule has 0 fully saturated rings. The molecule has 3 rings (SSSR count). The van der Waals surface area contributed by atoms with Crippen LogP contribution in [0.2, 0.25) is 0 Å². The molecule has 5 nitrogen and oxygen atoms in total. The number of rotatable bonds is 6. The normalized spacial score (nSPS) is 11.1. The summed E-state index contributed by atoms with van der Waals surface area (Å²) in [6, 6.07) is 12.4. The van der Waals surface area contributed by atoms with Crippen molar-refractivity contribution in [3.05, 3.63) is 77.7 Å². The molecule has 154 valence electrons. The van der Waals surface area contributed by atoms with E-state index in [1.54, 1.807) is 37.6 Å². The zero-order valence-electron chi connectivity index (χ0n) is 16.2. The first-order valence-electron chi connectivity index (χ1n) is 8.91. The van der Waals surface area contributed by atoms with Crippen LogP contribution in [0.4, 0.5) is 8.78 Å². The van der Waals surface area contributed by atoms with Crippen molar-refractivity contribution in [2.75, 3.05) is 20.6 Å². The first kappa shape index (κ1) is 22.8. The second-order valence-electron chi connectivity index (χ2n) is 6.36. The lowest BCUT2D eigenvalue weighted by atomic mass is 10.2. The van der Waals surface area contributed by atoms with Gasteiger partial charge in [0.2, 0.25) is 5.89 Å². The van der Waals surface area contributed by atoms with Gasteiger partial charge in [-0.25, -0.2) is 13.8 Å². The third-order valence-corrected chi connectivity index (χ3v) is 4.21. The Morgan fingerprint density at radius 1 is 1.07 bits per heavy atom. The Bertz CT molecular complexity index is 927. The van der Waals surface area contributed by atoms with Crippen LogP contribution in [-0.4, -0.2) is 36.5 Å². The van der Waals surface area contributed by atoms with E-state index in [-0.39, 0.29) is 35.6 Å². The number of nitrogens with zero attached hydrogens (tertiary/aromatic N) is 3. The van der Waals surface area contributed by atoms with Gasteiger partial charge in [-0.15, -0.1) is 24.0 Å². The molecule has 0 saturated heterocycles. The molecule has 1 heterocycles. The van der Waals surface area contributed by atoms with Gasteiger partial charge in [0, 0.05) is 39.2 Å². The van der Waals surface area contributed by atoms with Crippen LogP contribution in [0.3, 0.4) is 0 Å². The number of hydrogen-bond donors (Lipinski definition) is 1. The number of nitrogens with one attached hydrogen (secondary N) is 1. The van der Waals surface area contributed by atoms with Crippen molar-refractivity contribution in [3.63, 3.8) is 0 Å². The molecule has 0 spiro atoms. The van der Waals surface area contributed by atoms with E-state index in [2.05, 4.69) is 15.3 Å². The molecule has 0 amide bonds. The van der Waals surface area contributed by atoms with Gasteiger partial charge in [-0.3, -0.25) is 4.99 Å². The number of guanidine groups is 1. The second kappa shape index (κ2) is 10.9. The first-order valence-corrected chi connectivity index (χ1v) is 8.91. The smallest absolute Gasteiger partial charge is 0.226 e. The number of aromatic nitrogens is 1. The maximum absolute atomic E-state index is 13.0. The van der Waals surface area contributed by atoms with E-state index >= 15 is 0 Å². The summed E-state index contributed by atoms with van der Waals surface area (Å²) in [7, 11) is 3.63. The molecule has 1 N–H and O–H groups in total. The Labute approximate surface area is 185 Å². The Morgan fingerprint density at radius 3 is 2.31 bits per heavy atom. The zero-order valence-corrected chi connectivity index (χ0v) is 18.6. The van der Waals surface area contributed by atoms with Crippen LogP contribution in [0.15, 0.2) is 64.2 Å². The lowest BCUT2D eigenvalue weighted by molar-refractivity contribution is 0.476. The van der Waals surface area contributed by atoms with E-state index in [9.17, 15) is 8.78 Å². The minimum atomic E-state index is -0.295. The van der Waals surface area contributed by atoms with Crippen LogP contribution in [0, 0.1) is 11.6 Å². The highest BCUT2D eigenvalue weighted by molar-refractivity contribution is 14.0. The third-order valence-electron chi connectivity index (χ3n) is 4.21. The van der Waals surface area contributed by atoms with Gasteiger partial charge in [0.05, 0.1) is 5.69 Å². The molecule has 1 aromatic heterocycles. The molecule has 0 aliphatic rings. The topological polar surface area (TPSA) is 53.7 Å². The summed E-state index contributed by atoms with van der Waals surface area (Å²) in [4.78, 5) is 10.7. The van der Waals surface area contributed by atoms with Gasteiger partial charge < -0.3 is 14.6 Å². The molecule has 0 unspecified atom stereocenters. The monoisotopic (exact) mass is 512 g/mol. The highest BCUT2D eigenvalue weighted by Gasteiger charge is 2.09. The molecule has 8 heteroatoms. The largest absolute Gasteiger partial charge is 0.444 e. The van der Waals surface area contributed by atoms with Gasteiger partial charge in [-0.2, -0.15) is 0 Å². The number of hydrogen-bond acceptors (Lipinski definition) is 3. The predicted octanol–water partition coefficient (Wildman–Crippen LogP) is 4.49. The van der Waals surface area contributed by atoms with Gasteiger partial charge in [-0.05, 0) is 42.0 Å². The summed E-state index contributed by atoms with van der Waals surface area (Å²) < 4.78 is 31.5. The maximum Gasteiger partial charge on any atom is 0.226 e. The molecule has 0 saturated carbocycles. The predicted molar refractivity (Wildman–Crippen MR) is 120 cm³/mol. The summed E-state index contributed by atoms with van der Waals surface area (Å²) in [5.74, 6) is 0.650. The van der Waals surface area contributed by atoms with Gasteiger partial charge >= 0.3 is 0 Å². The fourth-order valence-corrected chi connectivity index (χ4v) is 2.77. The van der Waals surface area contributed by atoms with Crippen LogP contribution < -0.4 is 5.32 Å². The molecule has 0 aliphatic heterocycles. The van der Waals surface area contributed by atoms with Gasteiger partial charge in [0.1, 0.15) is 17.9 Å². The average Bonchev–Trinajstić information content (AvgIpc) is 3.16. The first-order chi connectivity index (χ1) is 13.5. The van der Waals surface area contributed by atoms with E-state index in [4.69, 9.17) is 4.42 Å². The van der Waals surface area contributed by atoms with Gasteiger partial charge in [0.25, 0.3) is 0 Å². The average molecular weight is 512 g/mol. The van der Waals surface area contributed by atoms with Gasteiger partial charge in [-0.1, -0.05) is 12.1 Å². The minimum absolute atomic E-state index is 0. The third kappa shape index (κ3) is 6.52. The van der Waals surface area contributed by atoms with E-state index < -0.39 is 0 Å². The van der Waals surface area contributed by atoms with Crippen molar-refractivity contribution in [2.45, 2.75) is 13.0 Å². The van der Waals surface area contributed by atoms with E-state index in [1.807, 2.05) is 11.9 Å². The van der Waals surface area contributed by atoms with E-state index in [0.29, 0.717) is 25.4 Å². The summed E-state index contributed by atoms with van der Waals surface area (Å²) in [5, 5.41) is 3.28. The summed E-state index contributed by atoms with van der Waals surface area (Å²) >= 11 is 0. The summed E-state index contributed by atoms with van der Waals surface area (Å²) in [6.45, 7) is 1.23. The molecule has 0 atom stereocenters. The van der Waals surface area contributed by atoms with E-state index in [0.717, 1.165) is 22.8 Å². The summed E-state index contributed by atoms with van der Waals surface area (Å²) in [5.41, 5.74) is 2.52. The van der Waals surface area contributed by atoms with Crippen LogP contribution in [0.5, 0.6) is 0 Å². The Kier molecular flexibility index (Phi) is 8.56. The molecular weight excluding hydrogens is 489 g/mol. The molecule has 3 aromatic rings. The highest BCUT2D eigenvalue weighted by atomic mass is 127. The number of aliphatic imine (C=N–C) groups is 1. The maximum atomic E-state index is 13.0. The van der Waals surface area contributed by atoms with Gasteiger partial charge in [0.15, 0.2) is 5.96 Å². The molecular formula is C21H23F2IN4O. The highest BCUT2D eigenvalue weighted by Crippen LogP contribution is 2.19. The second-order valence-corrected chi connectivity index (χ2v) is 6.36. The van der Waals surface area contributed by atoms with Crippen molar-refractivity contribution in [1.29, 1.82) is 0 Å². The fraction of sp³-hybridized carbons (Fsp3) is 0.238. The zero-order chi connectivity index (χ0) is 19.9. The SMILES string of the molecule is CN=C(NCCc1coc(-c2ccc(F)cc2)n1)N(C)Cc1ccc(F)cc1.I. The number of benzene rings is 2. The van der Waals surface area contributed by atoms with Crippen molar-refractivity contribution < 1.29 is 13.2 Å². The van der Waals surface area contributed by atoms with Crippen molar-refractivity contribution in [3.8, 4) is 11.5 Å². The van der Waals surface area contributed by atoms with Crippen LogP contribution in [0.25, 0.3) is 11.5 Å². The van der Waals surface area contributed by atoms with E-state index in [1.165, 1.54) is 24.3 Å². The molecule has 29 heavy (non-hydrogen) atoms. The molecule has 0 radical (unpaired) electrons. The van der Waals surface area contributed by atoms with Crippen molar-refractivity contribution >= 4 is 29.9 Å². The fourth-order valence-electron chi connectivity index (χ4n) is 2.77. The Hall–Kier alpha value is -2.49. The Balaban J connectivity index is 0.00000300. The van der Waals surface area contributed by atoms with Crippen LogP contribution >= 0.6 is 24.0 Å². The molecule has 0 bridgehead atoms. The van der Waals surface area contributed by atoms with Crippen molar-refractivity contribution in [1.82, 2.24) is 15.2 Å². The quantitative estimate of drug-likeness (QED) is 0.301. The Morgan fingerprint density at radius 2 is 1.69 bits per heavy atom. The lowest BCUT2D eigenvalue weighted by Gasteiger charge is -2.22. The molecule has 0 aliphatic carbocycles. The number of halogens is 3. The van der Waals surface area contributed by atoms with Crippen LogP contribution in [-0.2, 0) is 13.0 Å². The molecule has 2 aromatic carbocycles. The number of oxazole rings is 1. The van der Waals surface area contributed by atoms with Crippen molar-refractivity contribution in [2.24, 2.45) is 4.99 Å². The summed E-state index contributed by atoms with van der Waals surface area (Å²) in [6.07, 6.45) is 2.25. The van der Waals surface area contributed by atoms with Crippen LogP contribution in [0.1, 0.15) is 11.3 Å². The lowest BCUT2D eigenvalue weighted by Crippen LogP contribution is -2.39. The standard InChI is InChI=1S/C21H22F2N4O.HI/c1-24-21(27(2)13-15-3-7-17(22)8-4-15)25-12-11-19-14-28-20(26-19)16-5-9-18(23)10-6-16;/h3-10,14H,11-13H2,1-2H3,(H,24,25);1H.